The molecule has 30 heavy (non-hydrogen) atoms. The van der Waals surface area contributed by atoms with E-state index in [1.807, 2.05) is 72.8 Å². The molecule has 0 fully saturated rings. The molecular weight excluding hydrogens is 378 g/mol. The molecule has 0 radical (unpaired) electrons. The maximum absolute atomic E-state index is 12.7. The van der Waals surface area contributed by atoms with Crippen molar-refractivity contribution in [2.45, 2.75) is 6.92 Å². The van der Waals surface area contributed by atoms with Crippen molar-refractivity contribution in [2.75, 3.05) is 6.61 Å². The van der Waals surface area contributed by atoms with E-state index in [1.54, 1.807) is 13.0 Å². The van der Waals surface area contributed by atoms with Crippen LogP contribution in [0.15, 0.2) is 84.9 Å². The molecule has 4 aromatic rings. The number of nitrogens with zero attached hydrogens (tertiary/aromatic N) is 1. The first-order chi connectivity index (χ1) is 14.6. The van der Waals surface area contributed by atoms with Gasteiger partial charge < -0.3 is 4.74 Å². The smallest absolute Gasteiger partial charge is 0.338 e. The lowest BCUT2D eigenvalue weighted by Gasteiger charge is -2.13. The van der Waals surface area contributed by atoms with E-state index >= 15 is 0 Å². The number of rotatable bonds is 5. The molecule has 0 saturated heterocycles. The second-order valence-corrected chi connectivity index (χ2v) is 6.82. The number of carbonyl (C=O) groups is 1. The molecule has 148 valence electrons. The molecule has 4 aromatic carbocycles. The van der Waals surface area contributed by atoms with E-state index in [2.05, 4.69) is 0 Å². The van der Waals surface area contributed by atoms with Crippen LogP contribution in [0.25, 0.3) is 33.0 Å². The average molecular weight is 397 g/mol. The Hall–Kier alpha value is -3.99. The first-order valence-corrected chi connectivity index (χ1v) is 9.62. The lowest BCUT2D eigenvalue weighted by Crippen LogP contribution is -2.08. The Labute approximate surface area is 173 Å². The van der Waals surface area contributed by atoms with Crippen LogP contribution in [0.3, 0.4) is 0 Å². The van der Waals surface area contributed by atoms with E-state index in [1.165, 1.54) is 6.07 Å². The fourth-order valence-electron chi connectivity index (χ4n) is 3.56. The largest absolute Gasteiger partial charge is 0.462 e. The molecule has 0 aliphatic rings. The summed E-state index contributed by atoms with van der Waals surface area (Å²) in [6.07, 6.45) is 0. The molecule has 0 heterocycles. The van der Waals surface area contributed by atoms with E-state index in [0.717, 1.165) is 10.8 Å². The van der Waals surface area contributed by atoms with Crippen LogP contribution in [-0.2, 0) is 4.74 Å². The molecule has 0 aliphatic carbocycles. The van der Waals surface area contributed by atoms with E-state index in [4.69, 9.17) is 4.74 Å². The van der Waals surface area contributed by atoms with Crippen LogP contribution in [0.5, 0.6) is 0 Å². The van der Waals surface area contributed by atoms with Crippen LogP contribution in [0.1, 0.15) is 17.3 Å². The maximum atomic E-state index is 12.7. The number of ether oxygens (including phenoxy) is 1. The minimum Gasteiger partial charge on any atom is -0.462 e. The molecule has 0 amide bonds. The van der Waals surface area contributed by atoms with E-state index < -0.39 is 10.9 Å². The summed E-state index contributed by atoms with van der Waals surface area (Å²) in [6.45, 7) is 1.95. The molecule has 0 unspecified atom stereocenters. The molecule has 4 rings (SSSR count). The lowest BCUT2D eigenvalue weighted by atomic mass is 9.92. The maximum Gasteiger partial charge on any atom is 0.338 e. The van der Waals surface area contributed by atoms with Crippen LogP contribution in [-0.4, -0.2) is 17.5 Å². The highest BCUT2D eigenvalue weighted by molar-refractivity contribution is 6.01. The van der Waals surface area contributed by atoms with Crippen LogP contribution in [0, 0.1) is 10.1 Å². The van der Waals surface area contributed by atoms with E-state index in [-0.39, 0.29) is 12.3 Å². The summed E-state index contributed by atoms with van der Waals surface area (Å²) in [5.41, 5.74) is 2.49. The topological polar surface area (TPSA) is 69.4 Å². The molecule has 0 aromatic heterocycles. The summed E-state index contributed by atoms with van der Waals surface area (Å²) in [5, 5.41) is 13.9. The summed E-state index contributed by atoms with van der Waals surface area (Å²) >= 11 is 0. The highest BCUT2D eigenvalue weighted by Gasteiger charge is 2.24. The molecule has 0 saturated carbocycles. The Morgan fingerprint density at radius 2 is 1.53 bits per heavy atom. The number of nitro benzene ring substituents is 1. The number of nitro groups is 1. The van der Waals surface area contributed by atoms with Gasteiger partial charge in [0.2, 0.25) is 0 Å². The Morgan fingerprint density at radius 3 is 2.23 bits per heavy atom. The summed E-state index contributed by atoms with van der Waals surface area (Å²) in [7, 11) is 0. The van der Waals surface area contributed by atoms with Crippen LogP contribution >= 0.6 is 0 Å². The molecule has 0 N–H and O–H groups in total. The number of carbonyl (C=O) groups excluding carboxylic acids is 1. The van der Waals surface area contributed by atoms with Crippen molar-refractivity contribution in [3.05, 3.63) is 101 Å². The predicted octanol–water partition coefficient (Wildman–Crippen LogP) is 6.26. The van der Waals surface area contributed by atoms with Crippen molar-refractivity contribution in [1.82, 2.24) is 0 Å². The van der Waals surface area contributed by atoms with Gasteiger partial charge in [-0.25, -0.2) is 4.79 Å². The van der Waals surface area contributed by atoms with Gasteiger partial charge in [-0.05, 0) is 41.0 Å². The molecule has 5 nitrogen and oxygen atoms in total. The van der Waals surface area contributed by atoms with Gasteiger partial charge in [-0.1, -0.05) is 66.7 Å². The van der Waals surface area contributed by atoms with Crippen molar-refractivity contribution in [3.8, 4) is 22.3 Å². The van der Waals surface area contributed by atoms with E-state index in [0.29, 0.717) is 27.8 Å². The van der Waals surface area contributed by atoms with Gasteiger partial charge >= 0.3 is 5.97 Å². The molecule has 0 atom stereocenters. The van der Waals surface area contributed by atoms with Gasteiger partial charge in [-0.2, -0.15) is 0 Å². The zero-order chi connectivity index (χ0) is 21.1. The Morgan fingerprint density at radius 1 is 0.833 bits per heavy atom. The summed E-state index contributed by atoms with van der Waals surface area (Å²) in [4.78, 5) is 24.3. The van der Waals surface area contributed by atoms with Crippen LogP contribution in [0.2, 0.25) is 0 Å². The van der Waals surface area contributed by atoms with Crippen LogP contribution < -0.4 is 0 Å². The van der Waals surface area contributed by atoms with Crippen molar-refractivity contribution < 1.29 is 14.5 Å². The normalized spacial score (nSPS) is 10.7. The molecule has 0 bridgehead atoms. The standard InChI is InChI=1S/C25H19NO4/c1-2-30-25(27)23-15-22(20-13-12-17-8-6-7-11-19(17)14-20)24(26(28)29)16-21(23)18-9-4-3-5-10-18/h3-16H,2H2,1H3. The SMILES string of the molecule is CCOC(=O)c1cc(-c2ccc3ccccc3c2)c([N+](=O)[O-])cc1-c1ccccc1. The number of benzene rings is 4. The van der Waals surface area contributed by atoms with Gasteiger partial charge in [0.25, 0.3) is 5.69 Å². The lowest BCUT2D eigenvalue weighted by molar-refractivity contribution is -0.384. The monoisotopic (exact) mass is 397 g/mol. The van der Waals surface area contributed by atoms with Gasteiger partial charge in [0.05, 0.1) is 22.7 Å². The van der Waals surface area contributed by atoms with Gasteiger partial charge in [0.15, 0.2) is 0 Å². The van der Waals surface area contributed by atoms with Gasteiger partial charge in [-0.15, -0.1) is 0 Å². The number of hydrogen-bond donors (Lipinski definition) is 0. The first kappa shape index (κ1) is 19.3. The van der Waals surface area contributed by atoms with Gasteiger partial charge in [-0.3, -0.25) is 10.1 Å². The predicted molar refractivity (Wildman–Crippen MR) is 117 cm³/mol. The van der Waals surface area contributed by atoms with Crippen LogP contribution in [0.4, 0.5) is 5.69 Å². The Kier molecular flexibility index (Phi) is 5.26. The third-order valence-corrected chi connectivity index (χ3v) is 4.97. The second-order valence-electron chi connectivity index (χ2n) is 6.82. The third kappa shape index (κ3) is 3.65. The van der Waals surface area contributed by atoms with Gasteiger partial charge in [0.1, 0.15) is 0 Å². The fourth-order valence-corrected chi connectivity index (χ4v) is 3.56. The molecule has 0 spiro atoms. The van der Waals surface area contributed by atoms with Crippen molar-refractivity contribution >= 4 is 22.4 Å². The zero-order valence-electron chi connectivity index (χ0n) is 16.4. The minimum atomic E-state index is -0.506. The first-order valence-electron chi connectivity index (χ1n) is 9.62. The Bertz CT molecular complexity index is 1250. The van der Waals surface area contributed by atoms with E-state index in [9.17, 15) is 14.9 Å². The molecule has 0 aliphatic heterocycles. The summed E-state index contributed by atoms with van der Waals surface area (Å²) < 4.78 is 5.24. The second kappa shape index (κ2) is 8.17. The fraction of sp³-hybridized carbons (Fsp3) is 0.0800. The number of fused-ring (bicyclic) bond motifs is 1. The number of esters is 1. The number of hydrogen-bond acceptors (Lipinski definition) is 4. The summed E-state index contributed by atoms with van der Waals surface area (Å²) in [5.74, 6) is -0.506. The van der Waals surface area contributed by atoms with Crippen molar-refractivity contribution in [3.63, 3.8) is 0 Å². The quantitative estimate of drug-likeness (QED) is 0.226. The Balaban J connectivity index is 1.98. The third-order valence-electron chi connectivity index (χ3n) is 4.97. The van der Waals surface area contributed by atoms with Crippen molar-refractivity contribution in [1.29, 1.82) is 0 Å². The molecular formula is C25H19NO4. The van der Waals surface area contributed by atoms with Crippen molar-refractivity contribution in [2.24, 2.45) is 0 Å². The zero-order valence-corrected chi connectivity index (χ0v) is 16.4. The highest BCUT2D eigenvalue weighted by Crippen LogP contribution is 2.38. The highest BCUT2D eigenvalue weighted by atomic mass is 16.6. The molecule has 5 heteroatoms. The minimum absolute atomic E-state index is 0.0582. The van der Waals surface area contributed by atoms with Gasteiger partial charge in [0, 0.05) is 11.6 Å². The average Bonchev–Trinajstić information content (AvgIpc) is 2.78. The summed E-state index contributed by atoms with van der Waals surface area (Å²) in [6, 6.07) is 25.6.